The molecule has 0 amide bonds. The number of aryl methyl sites for hydroxylation is 2. The molecule has 2 aromatic rings. The third-order valence-corrected chi connectivity index (χ3v) is 4.21. The van der Waals surface area contributed by atoms with E-state index >= 15 is 0 Å². The molecule has 0 saturated heterocycles. The first-order valence-electron chi connectivity index (χ1n) is 7.74. The Hall–Kier alpha value is -2.36. The van der Waals surface area contributed by atoms with E-state index in [1.807, 2.05) is 13.0 Å². The van der Waals surface area contributed by atoms with Gasteiger partial charge in [-0.25, -0.2) is 4.98 Å². The first-order valence-corrected chi connectivity index (χ1v) is 7.74. The summed E-state index contributed by atoms with van der Waals surface area (Å²) in [5, 5.41) is 0. The van der Waals surface area contributed by atoms with Gasteiger partial charge >= 0.3 is 0 Å². The minimum absolute atomic E-state index is 0.345. The highest BCUT2D eigenvalue weighted by Gasteiger charge is 2.20. The Kier molecular flexibility index (Phi) is 4.09. The van der Waals surface area contributed by atoms with Crippen molar-refractivity contribution in [3.63, 3.8) is 0 Å². The molecule has 0 atom stereocenters. The molecule has 2 N–H and O–H groups in total. The monoisotopic (exact) mass is 294 g/mol. The maximum Gasteiger partial charge on any atom is 0.222 e. The summed E-state index contributed by atoms with van der Waals surface area (Å²) in [4.78, 5) is 11.2. The summed E-state index contributed by atoms with van der Waals surface area (Å²) in [6, 6.07) is 8.65. The van der Waals surface area contributed by atoms with Crippen molar-refractivity contribution in [1.82, 2.24) is 9.97 Å². The number of nitrogens with two attached hydrogens (primary N) is 1. The van der Waals surface area contributed by atoms with Gasteiger partial charge in [0.1, 0.15) is 5.82 Å². The Bertz CT molecular complexity index is 693. The molecular formula is C18H22N4. The number of hydrogen-bond acceptors (Lipinski definition) is 4. The van der Waals surface area contributed by atoms with Gasteiger partial charge in [-0.3, -0.25) is 0 Å². The molecular weight excluding hydrogens is 272 g/mol. The zero-order valence-corrected chi connectivity index (χ0v) is 13.0. The zero-order valence-electron chi connectivity index (χ0n) is 13.0. The van der Waals surface area contributed by atoms with Gasteiger partial charge in [0.25, 0.3) is 0 Å². The number of hydrogen-bond donors (Lipinski definition) is 1. The van der Waals surface area contributed by atoms with Crippen molar-refractivity contribution in [2.75, 3.05) is 17.2 Å². The second-order valence-corrected chi connectivity index (χ2v) is 5.76. The molecule has 0 radical (unpaired) electrons. The SMILES string of the molecule is C=CCc1c(C)nc(N)nc1N1CCCc2ccccc2C1. The molecule has 22 heavy (non-hydrogen) atoms. The Labute approximate surface area is 131 Å². The summed E-state index contributed by atoms with van der Waals surface area (Å²) in [7, 11) is 0. The van der Waals surface area contributed by atoms with Crippen molar-refractivity contribution < 1.29 is 0 Å². The smallest absolute Gasteiger partial charge is 0.222 e. The van der Waals surface area contributed by atoms with E-state index in [1.54, 1.807) is 0 Å². The quantitative estimate of drug-likeness (QED) is 0.884. The van der Waals surface area contributed by atoms with Crippen LogP contribution in [0.25, 0.3) is 0 Å². The number of rotatable bonds is 3. The third kappa shape index (κ3) is 2.82. The normalized spacial score (nSPS) is 14.3. The average Bonchev–Trinajstić information content (AvgIpc) is 2.72. The van der Waals surface area contributed by atoms with Crippen molar-refractivity contribution in [3.8, 4) is 0 Å². The Morgan fingerprint density at radius 2 is 2.05 bits per heavy atom. The molecule has 1 aromatic heterocycles. The van der Waals surface area contributed by atoms with Gasteiger partial charge < -0.3 is 10.6 Å². The summed E-state index contributed by atoms with van der Waals surface area (Å²) >= 11 is 0. The molecule has 4 nitrogen and oxygen atoms in total. The van der Waals surface area contributed by atoms with E-state index in [1.165, 1.54) is 11.1 Å². The number of nitrogens with zero attached hydrogens (tertiary/aromatic N) is 3. The first kappa shape index (κ1) is 14.6. The molecule has 0 bridgehead atoms. The van der Waals surface area contributed by atoms with Gasteiger partial charge in [0.15, 0.2) is 0 Å². The number of nitrogen functional groups attached to an aromatic ring is 1. The molecule has 4 heteroatoms. The number of allylic oxidation sites excluding steroid dienone is 1. The standard InChI is InChI=1S/C18H22N4/c1-3-7-16-13(2)20-18(19)21-17(16)22-11-6-10-14-8-4-5-9-15(14)12-22/h3-5,8-9H,1,6-7,10-12H2,2H3,(H2,19,20,21). The van der Waals surface area contributed by atoms with Crippen molar-refractivity contribution in [3.05, 3.63) is 59.3 Å². The number of aromatic nitrogens is 2. The molecule has 1 aliphatic heterocycles. The van der Waals surface area contributed by atoms with Crippen LogP contribution in [0, 0.1) is 6.92 Å². The highest BCUT2D eigenvalue weighted by molar-refractivity contribution is 5.53. The van der Waals surface area contributed by atoms with Crippen molar-refractivity contribution in [1.29, 1.82) is 0 Å². The maximum atomic E-state index is 5.89. The predicted molar refractivity (Wildman–Crippen MR) is 90.9 cm³/mol. The molecule has 3 rings (SSSR count). The van der Waals surface area contributed by atoms with Crippen LogP contribution < -0.4 is 10.6 Å². The van der Waals surface area contributed by atoms with Gasteiger partial charge in [0.05, 0.1) is 0 Å². The van der Waals surface area contributed by atoms with Crippen molar-refractivity contribution >= 4 is 11.8 Å². The lowest BCUT2D eigenvalue weighted by atomic mass is 10.0. The van der Waals surface area contributed by atoms with Gasteiger partial charge in [-0.1, -0.05) is 30.3 Å². The fraction of sp³-hybridized carbons (Fsp3) is 0.333. The molecule has 0 saturated carbocycles. The van der Waals surface area contributed by atoms with E-state index in [0.29, 0.717) is 5.95 Å². The van der Waals surface area contributed by atoms with Gasteiger partial charge in [-0.15, -0.1) is 6.58 Å². The van der Waals surface area contributed by atoms with Crippen LogP contribution in [0.3, 0.4) is 0 Å². The summed E-state index contributed by atoms with van der Waals surface area (Å²) in [6.07, 6.45) is 4.90. The van der Waals surface area contributed by atoms with Crippen LogP contribution in [-0.2, 0) is 19.4 Å². The van der Waals surface area contributed by atoms with E-state index in [4.69, 9.17) is 5.73 Å². The number of fused-ring (bicyclic) bond motifs is 1. The van der Waals surface area contributed by atoms with Gasteiger partial charge in [-0.05, 0) is 37.3 Å². The summed E-state index contributed by atoms with van der Waals surface area (Å²) in [6.45, 7) is 7.70. The fourth-order valence-corrected chi connectivity index (χ4v) is 3.13. The summed E-state index contributed by atoms with van der Waals surface area (Å²) in [5.41, 5.74) is 10.8. The maximum absolute atomic E-state index is 5.89. The van der Waals surface area contributed by atoms with Crippen LogP contribution in [0.2, 0.25) is 0 Å². The Balaban J connectivity index is 2.02. The fourth-order valence-electron chi connectivity index (χ4n) is 3.13. The number of benzene rings is 1. The van der Waals surface area contributed by atoms with Crippen LogP contribution >= 0.6 is 0 Å². The molecule has 1 aromatic carbocycles. The van der Waals surface area contributed by atoms with E-state index in [-0.39, 0.29) is 0 Å². The van der Waals surface area contributed by atoms with Gasteiger partial charge in [-0.2, -0.15) is 4.98 Å². The highest BCUT2D eigenvalue weighted by Crippen LogP contribution is 2.27. The van der Waals surface area contributed by atoms with Crippen molar-refractivity contribution in [2.45, 2.75) is 32.7 Å². The largest absolute Gasteiger partial charge is 0.368 e. The van der Waals surface area contributed by atoms with E-state index in [2.05, 4.69) is 45.7 Å². The zero-order chi connectivity index (χ0) is 15.5. The van der Waals surface area contributed by atoms with E-state index in [0.717, 1.165) is 49.4 Å². The Morgan fingerprint density at radius 1 is 1.27 bits per heavy atom. The predicted octanol–water partition coefficient (Wildman–Crippen LogP) is 3.05. The minimum Gasteiger partial charge on any atom is -0.368 e. The Morgan fingerprint density at radius 3 is 2.82 bits per heavy atom. The molecule has 2 heterocycles. The lowest BCUT2D eigenvalue weighted by Gasteiger charge is -2.25. The lowest BCUT2D eigenvalue weighted by molar-refractivity contribution is 0.747. The minimum atomic E-state index is 0.345. The molecule has 0 fully saturated rings. The summed E-state index contributed by atoms with van der Waals surface area (Å²) < 4.78 is 0. The topological polar surface area (TPSA) is 55.0 Å². The molecule has 0 spiro atoms. The molecule has 1 aliphatic rings. The molecule has 114 valence electrons. The van der Waals surface area contributed by atoms with Crippen LogP contribution in [0.4, 0.5) is 11.8 Å². The van der Waals surface area contributed by atoms with Crippen LogP contribution in [0.1, 0.15) is 28.8 Å². The van der Waals surface area contributed by atoms with Gasteiger partial charge in [0, 0.05) is 24.3 Å². The van der Waals surface area contributed by atoms with Crippen molar-refractivity contribution in [2.24, 2.45) is 0 Å². The van der Waals surface area contributed by atoms with Crippen LogP contribution in [0.5, 0.6) is 0 Å². The first-order chi connectivity index (χ1) is 10.7. The second-order valence-electron chi connectivity index (χ2n) is 5.76. The number of anilines is 2. The van der Waals surface area contributed by atoms with Crippen LogP contribution in [-0.4, -0.2) is 16.5 Å². The lowest BCUT2D eigenvalue weighted by Crippen LogP contribution is -2.26. The van der Waals surface area contributed by atoms with E-state index < -0.39 is 0 Å². The highest BCUT2D eigenvalue weighted by atomic mass is 15.2. The second kappa shape index (κ2) is 6.18. The molecule has 0 aliphatic carbocycles. The third-order valence-electron chi connectivity index (χ3n) is 4.21. The summed E-state index contributed by atoms with van der Waals surface area (Å²) in [5.74, 6) is 1.31. The van der Waals surface area contributed by atoms with E-state index in [9.17, 15) is 0 Å². The average molecular weight is 294 g/mol. The molecule has 0 unspecified atom stereocenters. The van der Waals surface area contributed by atoms with Gasteiger partial charge in [0.2, 0.25) is 5.95 Å². The van der Waals surface area contributed by atoms with Crippen LogP contribution in [0.15, 0.2) is 36.9 Å².